The first-order valence-electron chi connectivity index (χ1n) is 11.7. The molecule has 180 valence electrons. The minimum Gasteiger partial charge on any atom is -0.366 e. The predicted molar refractivity (Wildman–Crippen MR) is 128 cm³/mol. The summed E-state index contributed by atoms with van der Waals surface area (Å²) >= 11 is 7.69. The molecule has 1 N–H and O–H groups in total. The summed E-state index contributed by atoms with van der Waals surface area (Å²) in [4.78, 5) is 50.3. The molecule has 0 bridgehead atoms. The summed E-state index contributed by atoms with van der Waals surface area (Å²) in [7, 11) is 0. The third kappa shape index (κ3) is 4.48. The van der Waals surface area contributed by atoms with Crippen LogP contribution in [-0.2, 0) is 14.3 Å². The largest absolute Gasteiger partial charge is 0.366 e. The van der Waals surface area contributed by atoms with Crippen LogP contribution in [0.2, 0.25) is 0 Å². The van der Waals surface area contributed by atoms with Crippen molar-refractivity contribution < 1.29 is 19.1 Å². The number of nitrogens with zero attached hydrogens (tertiary/aromatic N) is 3. The van der Waals surface area contributed by atoms with Crippen molar-refractivity contribution in [2.75, 3.05) is 13.2 Å². The molecule has 3 aliphatic rings. The number of carbonyl (C=O) groups is 3. The number of thiazole rings is 1. The molecule has 4 atom stereocenters. The summed E-state index contributed by atoms with van der Waals surface area (Å²) in [6.45, 7) is 2.12. The quantitative estimate of drug-likeness (QED) is 0.631. The van der Waals surface area contributed by atoms with Gasteiger partial charge in [0.15, 0.2) is 10.8 Å². The molecule has 3 fully saturated rings. The lowest BCUT2D eigenvalue weighted by Crippen LogP contribution is -2.55. The fourth-order valence-electron chi connectivity index (χ4n) is 5.27. The first-order chi connectivity index (χ1) is 16.4. The van der Waals surface area contributed by atoms with Crippen molar-refractivity contribution in [3.05, 3.63) is 35.2 Å². The van der Waals surface area contributed by atoms with E-state index in [0.29, 0.717) is 5.01 Å². The Morgan fingerprint density at radius 2 is 2.06 bits per heavy atom. The van der Waals surface area contributed by atoms with Gasteiger partial charge in [0.25, 0.3) is 5.91 Å². The van der Waals surface area contributed by atoms with Crippen LogP contribution in [0, 0.1) is 12.8 Å². The Kier molecular flexibility index (Phi) is 6.68. The van der Waals surface area contributed by atoms with Gasteiger partial charge in [-0.1, -0.05) is 19.3 Å². The summed E-state index contributed by atoms with van der Waals surface area (Å²) in [6, 6.07) is 2.43. The number of aromatic nitrogens is 2. The van der Waals surface area contributed by atoms with Gasteiger partial charge in [-0.2, -0.15) is 0 Å². The van der Waals surface area contributed by atoms with Crippen LogP contribution in [0.5, 0.6) is 0 Å². The van der Waals surface area contributed by atoms with Crippen LogP contribution in [0.25, 0.3) is 10.4 Å². The van der Waals surface area contributed by atoms with Crippen molar-refractivity contribution in [1.82, 2.24) is 20.2 Å². The number of hydrogen-bond acceptors (Lipinski definition) is 7. The lowest BCUT2D eigenvalue weighted by molar-refractivity contribution is -0.139. The van der Waals surface area contributed by atoms with E-state index in [-0.39, 0.29) is 36.7 Å². The van der Waals surface area contributed by atoms with E-state index in [2.05, 4.69) is 15.3 Å². The fourth-order valence-corrected chi connectivity index (χ4v) is 6.44. The second kappa shape index (κ2) is 9.71. The summed E-state index contributed by atoms with van der Waals surface area (Å²) in [5.74, 6) is -0.748. The minimum absolute atomic E-state index is 0.0118. The normalized spacial score (nSPS) is 25.9. The Bertz CT molecular complexity index is 1100. The number of likely N-dealkylation sites (tertiary alicyclic amines) is 1. The maximum absolute atomic E-state index is 13.7. The smallest absolute Gasteiger partial charge is 0.280 e. The predicted octanol–water partition coefficient (Wildman–Crippen LogP) is 2.98. The molecular formula is C24H27ClN4O4S. The summed E-state index contributed by atoms with van der Waals surface area (Å²) in [5.41, 5.74) is 1.83. The zero-order chi connectivity index (χ0) is 23.8. The molecule has 2 saturated heterocycles. The van der Waals surface area contributed by atoms with Gasteiger partial charge < -0.3 is 15.0 Å². The van der Waals surface area contributed by atoms with Gasteiger partial charge in [-0.25, -0.2) is 4.98 Å². The number of fused-ring (bicyclic) bond motifs is 1. The molecule has 2 amide bonds. The number of amides is 2. The van der Waals surface area contributed by atoms with Gasteiger partial charge in [-0.05, 0) is 43.4 Å². The number of pyridine rings is 1. The van der Waals surface area contributed by atoms with Crippen LogP contribution in [0.4, 0.5) is 0 Å². The van der Waals surface area contributed by atoms with Crippen LogP contribution in [0.15, 0.2) is 24.5 Å². The number of nitrogens with one attached hydrogen (secondary N) is 1. The molecule has 10 heteroatoms. The highest BCUT2D eigenvalue weighted by molar-refractivity contribution is 7.17. The Morgan fingerprint density at radius 3 is 2.82 bits per heavy atom. The molecule has 0 aromatic carbocycles. The number of Topliss-reactive ketones (excluding diaryl/α,β-unsaturated/α-hetero) is 1. The van der Waals surface area contributed by atoms with E-state index < -0.39 is 23.6 Å². The summed E-state index contributed by atoms with van der Waals surface area (Å²) < 4.78 is 5.54. The molecule has 1 saturated carbocycles. The molecule has 8 nitrogen and oxygen atoms in total. The standard InChI is InChI=1S/C24H27ClN4O4S/c1-13-9-15(7-8-26-13)18-10-27-23(34-18)22(31)28-19(14-5-3-2-4-6-14)24(32)29-11-16(25)21-20(29)17(30)12-33-21/h7-10,14,16,19-21H,2-6,11-12H2,1H3,(H,28,31). The van der Waals surface area contributed by atoms with E-state index in [0.717, 1.165) is 48.2 Å². The van der Waals surface area contributed by atoms with E-state index in [1.807, 2.05) is 19.1 Å². The van der Waals surface area contributed by atoms with E-state index in [4.69, 9.17) is 16.3 Å². The third-order valence-corrected chi connectivity index (χ3v) is 8.39. The van der Waals surface area contributed by atoms with Crippen LogP contribution in [0.3, 0.4) is 0 Å². The van der Waals surface area contributed by atoms with Gasteiger partial charge in [0, 0.05) is 24.6 Å². The molecule has 2 aromatic rings. The van der Waals surface area contributed by atoms with E-state index in [9.17, 15) is 14.4 Å². The highest BCUT2D eigenvalue weighted by Gasteiger charge is 2.53. The molecule has 0 spiro atoms. The Hall–Kier alpha value is -2.36. The van der Waals surface area contributed by atoms with Gasteiger partial charge in [-0.15, -0.1) is 22.9 Å². The molecule has 2 aromatic heterocycles. The van der Waals surface area contributed by atoms with Crippen molar-refractivity contribution >= 4 is 40.5 Å². The van der Waals surface area contributed by atoms with E-state index >= 15 is 0 Å². The SMILES string of the molecule is Cc1cc(-c2cnc(C(=O)NC(C(=O)N3CC(Cl)C4OCC(=O)C43)C3CCCCC3)s2)ccn1. The second-order valence-electron chi connectivity index (χ2n) is 9.26. The Labute approximate surface area is 207 Å². The van der Waals surface area contributed by atoms with Crippen LogP contribution < -0.4 is 5.32 Å². The average Bonchev–Trinajstić information content (AvgIpc) is 3.56. The third-order valence-electron chi connectivity index (χ3n) is 6.96. The average molecular weight is 503 g/mol. The number of aryl methyl sites for hydroxylation is 1. The van der Waals surface area contributed by atoms with Gasteiger partial charge in [0.2, 0.25) is 5.91 Å². The lowest BCUT2D eigenvalue weighted by atomic mass is 9.83. The number of halogens is 1. The number of carbonyl (C=O) groups excluding carboxylic acids is 3. The Morgan fingerprint density at radius 1 is 1.26 bits per heavy atom. The van der Waals surface area contributed by atoms with Crippen LogP contribution in [0.1, 0.15) is 47.6 Å². The number of ketones is 1. The highest BCUT2D eigenvalue weighted by atomic mass is 35.5. The van der Waals surface area contributed by atoms with Gasteiger partial charge in [0.1, 0.15) is 24.8 Å². The highest BCUT2D eigenvalue weighted by Crippen LogP contribution is 2.34. The molecule has 34 heavy (non-hydrogen) atoms. The van der Waals surface area contributed by atoms with Gasteiger partial charge in [0.05, 0.1) is 10.3 Å². The minimum atomic E-state index is -0.723. The molecule has 0 radical (unpaired) electrons. The molecular weight excluding hydrogens is 476 g/mol. The van der Waals surface area contributed by atoms with Crippen molar-refractivity contribution in [3.63, 3.8) is 0 Å². The molecule has 4 heterocycles. The number of ether oxygens (including phenoxy) is 1. The molecule has 4 unspecified atom stereocenters. The van der Waals surface area contributed by atoms with Gasteiger partial charge >= 0.3 is 0 Å². The first kappa shape index (κ1) is 23.4. The first-order valence-corrected chi connectivity index (χ1v) is 13.0. The van der Waals surface area contributed by atoms with E-state index in [1.54, 1.807) is 12.4 Å². The zero-order valence-corrected chi connectivity index (χ0v) is 20.5. The number of alkyl halides is 1. The van der Waals surface area contributed by atoms with E-state index in [1.165, 1.54) is 16.2 Å². The molecule has 5 rings (SSSR count). The second-order valence-corrected chi connectivity index (χ2v) is 10.8. The van der Waals surface area contributed by atoms with Crippen molar-refractivity contribution in [2.24, 2.45) is 5.92 Å². The molecule has 2 aliphatic heterocycles. The Balaban J connectivity index is 1.37. The summed E-state index contributed by atoms with van der Waals surface area (Å²) in [6.07, 6.45) is 7.77. The van der Waals surface area contributed by atoms with Gasteiger partial charge in [-0.3, -0.25) is 19.4 Å². The van der Waals surface area contributed by atoms with Crippen LogP contribution in [-0.4, -0.2) is 69.2 Å². The summed E-state index contributed by atoms with van der Waals surface area (Å²) in [5, 5.41) is 2.84. The van der Waals surface area contributed by atoms with Crippen molar-refractivity contribution in [1.29, 1.82) is 0 Å². The number of rotatable bonds is 5. The van der Waals surface area contributed by atoms with Crippen molar-refractivity contribution in [3.8, 4) is 10.4 Å². The fraction of sp³-hybridized carbons (Fsp3) is 0.542. The monoisotopic (exact) mass is 502 g/mol. The lowest BCUT2D eigenvalue weighted by Gasteiger charge is -2.34. The zero-order valence-electron chi connectivity index (χ0n) is 18.9. The van der Waals surface area contributed by atoms with Crippen LogP contribution >= 0.6 is 22.9 Å². The maximum atomic E-state index is 13.7. The maximum Gasteiger partial charge on any atom is 0.280 e. The topological polar surface area (TPSA) is 101 Å². The number of hydrogen-bond donors (Lipinski definition) is 1. The molecule has 1 aliphatic carbocycles. The van der Waals surface area contributed by atoms with Crippen molar-refractivity contribution in [2.45, 2.75) is 62.6 Å².